The highest BCUT2D eigenvalue weighted by Gasteiger charge is 2.20. The number of hydrogen-bond donors (Lipinski definition) is 1. The fourth-order valence-electron chi connectivity index (χ4n) is 2.84. The summed E-state index contributed by atoms with van der Waals surface area (Å²) in [6.45, 7) is 6.73. The summed E-state index contributed by atoms with van der Waals surface area (Å²) in [6, 6.07) is 7.02. The number of nitrogens with zero attached hydrogens (tertiary/aromatic N) is 1. The van der Waals surface area contributed by atoms with E-state index in [0.29, 0.717) is 12.6 Å². The third-order valence-corrected chi connectivity index (χ3v) is 4.09. The maximum atomic E-state index is 9.55. The van der Waals surface area contributed by atoms with Crippen molar-refractivity contribution in [2.45, 2.75) is 52.1 Å². The molecule has 1 atom stereocenters. The highest BCUT2D eigenvalue weighted by molar-refractivity contribution is 5.30. The molecule has 0 aliphatic carbocycles. The second kappa shape index (κ2) is 6.35. The van der Waals surface area contributed by atoms with Gasteiger partial charge in [-0.1, -0.05) is 36.6 Å². The van der Waals surface area contributed by atoms with Crippen LogP contribution in [0.4, 0.5) is 0 Å². The topological polar surface area (TPSA) is 23.5 Å². The molecule has 1 fully saturated rings. The molecule has 1 heterocycles. The summed E-state index contributed by atoms with van der Waals surface area (Å²) in [6.07, 6.45) is 4.97. The number of hydrogen-bond acceptors (Lipinski definition) is 2. The van der Waals surface area contributed by atoms with Crippen molar-refractivity contribution in [3.8, 4) is 0 Å². The van der Waals surface area contributed by atoms with Crippen LogP contribution in [0.2, 0.25) is 0 Å². The van der Waals surface area contributed by atoms with Crippen molar-refractivity contribution >= 4 is 0 Å². The van der Waals surface area contributed by atoms with Crippen LogP contribution in [0.25, 0.3) is 0 Å². The van der Waals surface area contributed by atoms with Crippen LogP contribution in [0.15, 0.2) is 18.2 Å². The van der Waals surface area contributed by atoms with Crippen molar-refractivity contribution in [2.24, 2.45) is 0 Å². The fraction of sp³-hybridized carbons (Fsp3) is 0.625. The molecule has 0 spiro atoms. The van der Waals surface area contributed by atoms with E-state index in [9.17, 15) is 5.11 Å². The Hall–Kier alpha value is -0.860. The minimum atomic E-state index is 0.296. The first-order valence-electron chi connectivity index (χ1n) is 7.11. The van der Waals surface area contributed by atoms with Gasteiger partial charge in [0.1, 0.15) is 0 Å². The molecule has 1 N–H and O–H groups in total. The lowest BCUT2D eigenvalue weighted by atomic mass is 10.0. The van der Waals surface area contributed by atoms with Gasteiger partial charge in [0.25, 0.3) is 0 Å². The maximum absolute atomic E-state index is 9.55. The molecule has 1 saturated heterocycles. The largest absolute Gasteiger partial charge is 0.395 e. The van der Waals surface area contributed by atoms with Crippen LogP contribution in [-0.4, -0.2) is 29.2 Å². The van der Waals surface area contributed by atoms with E-state index in [1.165, 1.54) is 36.0 Å². The summed E-state index contributed by atoms with van der Waals surface area (Å²) >= 11 is 0. The lowest BCUT2D eigenvalue weighted by molar-refractivity contribution is 0.118. The summed E-state index contributed by atoms with van der Waals surface area (Å²) in [5, 5.41) is 9.55. The van der Waals surface area contributed by atoms with Gasteiger partial charge in [0.15, 0.2) is 0 Å². The van der Waals surface area contributed by atoms with Gasteiger partial charge in [0.2, 0.25) is 0 Å². The predicted octanol–water partition coefficient (Wildman–Crippen LogP) is 3.04. The number of aliphatic hydroxyl groups is 1. The third kappa shape index (κ3) is 3.33. The van der Waals surface area contributed by atoms with E-state index in [-0.39, 0.29) is 0 Å². The molecule has 18 heavy (non-hydrogen) atoms. The van der Waals surface area contributed by atoms with Crippen LogP contribution in [0.3, 0.4) is 0 Å². The standard InChI is InChI=1S/C16H25NO/c1-13-7-8-14(2)15(10-13)11-17-9-5-3-4-6-16(17)12-18/h7-8,10,16,18H,3-6,9,11-12H2,1-2H3. The molecule has 0 aromatic heterocycles. The average Bonchev–Trinajstić information content (AvgIpc) is 2.59. The van der Waals surface area contributed by atoms with Gasteiger partial charge >= 0.3 is 0 Å². The SMILES string of the molecule is Cc1ccc(C)c(CN2CCCCCC2CO)c1. The summed E-state index contributed by atoms with van der Waals surface area (Å²) in [4.78, 5) is 2.47. The van der Waals surface area contributed by atoms with Crippen molar-refractivity contribution in [3.05, 3.63) is 34.9 Å². The average molecular weight is 247 g/mol. The van der Waals surface area contributed by atoms with E-state index in [2.05, 4.69) is 36.9 Å². The van der Waals surface area contributed by atoms with Gasteiger partial charge < -0.3 is 5.11 Å². The minimum absolute atomic E-state index is 0.296. The Balaban J connectivity index is 2.12. The van der Waals surface area contributed by atoms with Crippen molar-refractivity contribution in [3.63, 3.8) is 0 Å². The van der Waals surface area contributed by atoms with E-state index in [1.54, 1.807) is 0 Å². The predicted molar refractivity (Wildman–Crippen MR) is 75.7 cm³/mol. The van der Waals surface area contributed by atoms with Gasteiger partial charge in [-0.05, 0) is 44.4 Å². The molecular weight excluding hydrogens is 222 g/mol. The molecule has 1 aromatic rings. The van der Waals surface area contributed by atoms with E-state index in [4.69, 9.17) is 0 Å². The van der Waals surface area contributed by atoms with Crippen LogP contribution in [0.1, 0.15) is 42.4 Å². The Bertz CT molecular complexity index is 389. The number of likely N-dealkylation sites (tertiary alicyclic amines) is 1. The number of rotatable bonds is 3. The van der Waals surface area contributed by atoms with E-state index < -0.39 is 0 Å². The Morgan fingerprint density at radius 1 is 1.22 bits per heavy atom. The maximum Gasteiger partial charge on any atom is 0.0586 e. The van der Waals surface area contributed by atoms with Crippen molar-refractivity contribution < 1.29 is 5.11 Å². The number of benzene rings is 1. The number of aliphatic hydroxyl groups excluding tert-OH is 1. The molecule has 0 radical (unpaired) electrons. The zero-order valence-corrected chi connectivity index (χ0v) is 11.7. The zero-order valence-electron chi connectivity index (χ0n) is 11.7. The Morgan fingerprint density at radius 3 is 2.83 bits per heavy atom. The second-order valence-corrected chi connectivity index (χ2v) is 5.59. The smallest absolute Gasteiger partial charge is 0.0586 e. The first-order chi connectivity index (χ1) is 8.70. The van der Waals surface area contributed by atoms with E-state index in [1.807, 2.05) is 0 Å². The summed E-state index contributed by atoms with van der Waals surface area (Å²) < 4.78 is 0. The van der Waals surface area contributed by atoms with Crippen LogP contribution >= 0.6 is 0 Å². The highest BCUT2D eigenvalue weighted by Crippen LogP contribution is 2.21. The quantitative estimate of drug-likeness (QED) is 0.887. The molecular formula is C16H25NO. The molecule has 1 unspecified atom stereocenters. The molecule has 0 saturated carbocycles. The molecule has 1 aromatic carbocycles. The monoisotopic (exact) mass is 247 g/mol. The highest BCUT2D eigenvalue weighted by atomic mass is 16.3. The first kappa shape index (κ1) is 13.6. The van der Waals surface area contributed by atoms with Crippen LogP contribution in [0.5, 0.6) is 0 Å². The fourth-order valence-corrected chi connectivity index (χ4v) is 2.84. The third-order valence-electron chi connectivity index (χ3n) is 4.09. The molecule has 2 nitrogen and oxygen atoms in total. The summed E-state index contributed by atoms with van der Waals surface area (Å²) in [7, 11) is 0. The Labute approximate surface area is 111 Å². The van der Waals surface area contributed by atoms with Gasteiger partial charge in [-0.25, -0.2) is 0 Å². The lowest BCUT2D eigenvalue weighted by Crippen LogP contribution is -2.37. The first-order valence-corrected chi connectivity index (χ1v) is 7.11. The molecule has 0 amide bonds. The normalized spacial score (nSPS) is 21.8. The van der Waals surface area contributed by atoms with E-state index >= 15 is 0 Å². The van der Waals surface area contributed by atoms with Gasteiger partial charge in [-0.2, -0.15) is 0 Å². The summed E-state index contributed by atoms with van der Waals surface area (Å²) in [5.74, 6) is 0. The van der Waals surface area contributed by atoms with E-state index in [0.717, 1.165) is 19.5 Å². The lowest BCUT2D eigenvalue weighted by Gasteiger charge is -2.29. The molecule has 100 valence electrons. The van der Waals surface area contributed by atoms with Crippen molar-refractivity contribution in [1.29, 1.82) is 0 Å². The molecule has 2 rings (SSSR count). The molecule has 0 bridgehead atoms. The Kier molecular flexibility index (Phi) is 4.79. The van der Waals surface area contributed by atoms with Gasteiger partial charge in [-0.15, -0.1) is 0 Å². The summed E-state index contributed by atoms with van der Waals surface area (Å²) in [5.41, 5.74) is 4.10. The van der Waals surface area contributed by atoms with Crippen LogP contribution in [-0.2, 0) is 6.54 Å². The zero-order chi connectivity index (χ0) is 13.0. The Morgan fingerprint density at radius 2 is 2.06 bits per heavy atom. The molecule has 1 aliphatic rings. The second-order valence-electron chi connectivity index (χ2n) is 5.59. The van der Waals surface area contributed by atoms with Gasteiger partial charge in [0, 0.05) is 12.6 Å². The van der Waals surface area contributed by atoms with Crippen LogP contribution in [0, 0.1) is 13.8 Å². The minimum Gasteiger partial charge on any atom is -0.395 e. The van der Waals surface area contributed by atoms with Crippen LogP contribution < -0.4 is 0 Å². The van der Waals surface area contributed by atoms with Crippen molar-refractivity contribution in [2.75, 3.05) is 13.2 Å². The number of aryl methyl sites for hydroxylation is 2. The van der Waals surface area contributed by atoms with Crippen molar-refractivity contribution in [1.82, 2.24) is 4.90 Å². The van der Waals surface area contributed by atoms with Gasteiger partial charge in [0.05, 0.1) is 6.61 Å². The molecule has 2 heteroatoms. The molecule has 1 aliphatic heterocycles. The van der Waals surface area contributed by atoms with Gasteiger partial charge in [-0.3, -0.25) is 4.90 Å².